The highest BCUT2D eigenvalue weighted by molar-refractivity contribution is 7.99. The highest BCUT2D eigenvalue weighted by Crippen LogP contribution is 2.28. The molecule has 0 aliphatic rings. The van der Waals surface area contributed by atoms with E-state index in [9.17, 15) is 22.0 Å². The number of hydrogen-bond donors (Lipinski definition) is 2. The van der Waals surface area contributed by atoms with Crippen molar-refractivity contribution in [3.63, 3.8) is 0 Å². The number of aromatic nitrogens is 1. The monoisotopic (exact) mass is 463 g/mol. The van der Waals surface area contributed by atoms with E-state index in [1.807, 2.05) is 0 Å². The summed E-state index contributed by atoms with van der Waals surface area (Å²) in [6, 6.07) is 13.5. The minimum Gasteiger partial charge on any atom is -0.322 e. The minimum atomic E-state index is -3.98. The third-order valence-corrected chi connectivity index (χ3v) is 6.49. The van der Waals surface area contributed by atoms with Gasteiger partial charge in [0.1, 0.15) is 0 Å². The Morgan fingerprint density at radius 2 is 1.68 bits per heavy atom. The van der Waals surface area contributed by atoms with Crippen molar-refractivity contribution in [2.45, 2.75) is 29.4 Å². The summed E-state index contributed by atoms with van der Waals surface area (Å²) in [5, 5.41) is 2.66. The lowest BCUT2D eigenvalue weighted by Gasteiger charge is -2.13. The van der Waals surface area contributed by atoms with Crippen LogP contribution in [0.25, 0.3) is 0 Å². The van der Waals surface area contributed by atoms with Crippen molar-refractivity contribution in [2.24, 2.45) is 0 Å². The van der Waals surface area contributed by atoms with Gasteiger partial charge in [0, 0.05) is 28.2 Å². The molecule has 3 aromatic rings. The number of thioether (sulfide) groups is 1. The van der Waals surface area contributed by atoms with Crippen molar-refractivity contribution in [3.8, 4) is 0 Å². The summed E-state index contributed by atoms with van der Waals surface area (Å²) < 4.78 is 53.0. The maximum atomic E-state index is 12.9. The number of carbonyl (C=O) groups is 1. The highest BCUT2D eigenvalue weighted by atomic mass is 32.2. The molecular weight excluding hydrogens is 444 g/mol. The molecule has 1 heterocycles. The molecule has 6 nitrogen and oxygen atoms in total. The first-order valence-electron chi connectivity index (χ1n) is 9.06. The number of aryl methyl sites for hydroxylation is 2. The van der Waals surface area contributed by atoms with Crippen LogP contribution >= 0.6 is 11.8 Å². The second kappa shape index (κ2) is 9.44. The predicted octanol–water partition coefficient (Wildman–Crippen LogP) is 5.07. The Morgan fingerprint density at radius 3 is 2.29 bits per heavy atom. The molecule has 31 heavy (non-hydrogen) atoms. The van der Waals surface area contributed by atoms with E-state index < -0.39 is 21.7 Å². The normalized spacial score (nSPS) is 11.4. The third kappa shape index (κ3) is 6.02. The molecule has 2 N–H and O–H groups in total. The van der Waals surface area contributed by atoms with Crippen molar-refractivity contribution in [1.82, 2.24) is 4.98 Å². The number of sulfonamides is 1. The molecule has 3 rings (SSSR count). The fraction of sp³-hybridized carbons (Fsp3) is 0.143. The van der Waals surface area contributed by atoms with Crippen LogP contribution in [0.2, 0.25) is 0 Å². The lowest BCUT2D eigenvalue weighted by molar-refractivity contribution is 0.102. The van der Waals surface area contributed by atoms with Gasteiger partial charge >= 0.3 is 0 Å². The molecule has 0 unspecified atom stereocenters. The first kappa shape index (κ1) is 22.7. The summed E-state index contributed by atoms with van der Waals surface area (Å²) in [6.07, 6.45) is 1.44. The van der Waals surface area contributed by atoms with Crippen molar-refractivity contribution < 1.29 is 22.0 Å². The first-order valence-corrected chi connectivity index (χ1v) is 11.4. The quantitative estimate of drug-likeness (QED) is 0.478. The molecule has 0 saturated carbocycles. The molecule has 0 aliphatic heterocycles. The van der Waals surface area contributed by atoms with E-state index in [0.29, 0.717) is 33.5 Å². The number of amides is 1. The van der Waals surface area contributed by atoms with Gasteiger partial charge in [-0.05, 0) is 67.9 Å². The van der Waals surface area contributed by atoms with E-state index in [4.69, 9.17) is 0 Å². The van der Waals surface area contributed by atoms with Gasteiger partial charge in [0.25, 0.3) is 21.7 Å². The summed E-state index contributed by atoms with van der Waals surface area (Å²) >= 11 is 0.375. The van der Waals surface area contributed by atoms with Gasteiger partial charge in [-0.15, -0.1) is 0 Å². The van der Waals surface area contributed by atoms with Crippen LogP contribution in [0.5, 0.6) is 0 Å². The van der Waals surface area contributed by atoms with E-state index in [0.717, 1.165) is 5.69 Å². The van der Waals surface area contributed by atoms with Gasteiger partial charge in [-0.25, -0.2) is 8.42 Å². The molecule has 0 aliphatic carbocycles. The van der Waals surface area contributed by atoms with Gasteiger partial charge in [-0.3, -0.25) is 14.5 Å². The molecule has 0 bridgehead atoms. The molecule has 0 fully saturated rings. The number of alkyl halides is 2. The summed E-state index contributed by atoms with van der Waals surface area (Å²) in [5.74, 6) is -2.97. The molecule has 0 atom stereocenters. The average Bonchev–Trinajstić information content (AvgIpc) is 2.70. The number of anilines is 2. The van der Waals surface area contributed by atoms with E-state index in [1.165, 1.54) is 36.5 Å². The number of halogens is 2. The number of pyridine rings is 1. The number of carbonyl (C=O) groups excluding carboxylic acids is 1. The van der Waals surface area contributed by atoms with Crippen LogP contribution in [0.1, 0.15) is 21.6 Å². The largest absolute Gasteiger partial charge is 0.322 e. The number of nitrogens with one attached hydrogen (secondary N) is 2. The molecule has 1 amide bonds. The van der Waals surface area contributed by atoms with E-state index in [1.54, 1.807) is 38.1 Å². The molecular formula is C21H19F2N3O3S2. The van der Waals surface area contributed by atoms with Crippen molar-refractivity contribution in [1.29, 1.82) is 0 Å². The zero-order valence-electron chi connectivity index (χ0n) is 16.6. The Bertz CT molecular complexity index is 1180. The zero-order chi connectivity index (χ0) is 22.6. The molecule has 1 aromatic heterocycles. The summed E-state index contributed by atoms with van der Waals surface area (Å²) in [5.41, 5.74) is 2.13. The standard InChI is InChI=1S/C21H19F2N3O3S2/c1-13-3-6-17(25-20(27)15-5-4-14(2)24-12-15)11-19(13)31(28,29)26-16-7-9-18(10-8-16)30-21(22)23/h3-12,21,26H,1-2H3,(H,25,27). The zero-order valence-corrected chi connectivity index (χ0v) is 18.2. The Kier molecular flexibility index (Phi) is 6.91. The Hall–Kier alpha value is -2.98. The third-order valence-electron chi connectivity index (χ3n) is 4.24. The number of nitrogens with zero attached hydrogens (tertiary/aromatic N) is 1. The van der Waals surface area contributed by atoms with Crippen LogP contribution in [-0.2, 0) is 10.0 Å². The van der Waals surface area contributed by atoms with Gasteiger partial charge in [0.15, 0.2) is 0 Å². The maximum Gasteiger partial charge on any atom is 0.288 e. The second-order valence-electron chi connectivity index (χ2n) is 6.63. The fourth-order valence-electron chi connectivity index (χ4n) is 2.69. The predicted molar refractivity (Wildman–Crippen MR) is 117 cm³/mol. The Balaban J connectivity index is 1.79. The van der Waals surface area contributed by atoms with E-state index in [2.05, 4.69) is 15.0 Å². The van der Waals surface area contributed by atoms with E-state index in [-0.39, 0.29) is 10.6 Å². The molecule has 10 heteroatoms. The van der Waals surface area contributed by atoms with Crippen LogP contribution in [0.4, 0.5) is 20.2 Å². The van der Waals surface area contributed by atoms with Crippen LogP contribution in [0.15, 0.2) is 70.6 Å². The lowest BCUT2D eigenvalue weighted by atomic mass is 10.2. The smallest absolute Gasteiger partial charge is 0.288 e. The number of rotatable bonds is 7. The van der Waals surface area contributed by atoms with Crippen LogP contribution in [-0.4, -0.2) is 25.1 Å². The fourth-order valence-corrected chi connectivity index (χ4v) is 4.52. The molecule has 0 spiro atoms. The maximum absolute atomic E-state index is 12.9. The second-order valence-corrected chi connectivity index (χ2v) is 9.35. The van der Waals surface area contributed by atoms with E-state index >= 15 is 0 Å². The lowest BCUT2D eigenvalue weighted by Crippen LogP contribution is -2.16. The SMILES string of the molecule is Cc1ccc(C(=O)Nc2ccc(C)c(S(=O)(=O)Nc3ccc(SC(F)F)cc3)c2)cn1. The van der Waals surface area contributed by atoms with Gasteiger partial charge < -0.3 is 5.32 Å². The van der Waals surface area contributed by atoms with Crippen LogP contribution < -0.4 is 10.0 Å². The number of hydrogen-bond acceptors (Lipinski definition) is 5. The Labute approximate surface area is 183 Å². The number of benzene rings is 2. The van der Waals surface area contributed by atoms with Gasteiger partial charge in [0.2, 0.25) is 0 Å². The topological polar surface area (TPSA) is 88.2 Å². The average molecular weight is 464 g/mol. The molecule has 0 saturated heterocycles. The van der Waals surface area contributed by atoms with Gasteiger partial charge in [0.05, 0.1) is 10.5 Å². The highest BCUT2D eigenvalue weighted by Gasteiger charge is 2.19. The van der Waals surface area contributed by atoms with Crippen molar-refractivity contribution in [2.75, 3.05) is 10.0 Å². The molecule has 0 radical (unpaired) electrons. The summed E-state index contributed by atoms with van der Waals surface area (Å²) in [4.78, 5) is 16.8. The Morgan fingerprint density at radius 1 is 1.00 bits per heavy atom. The summed E-state index contributed by atoms with van der Waals surface area (Å²) in [7, 11) is -3.98. The van der Waals surface area contributed by atoms with Gasteiger partial charge in [-0.2, -0.15) is 8.78 Å². The minimum absolute atomic E-state index is 0.0154. The summed E-state index contributed by atoms with van der Waals surface area (Å²) in [6.45, 7) is 3.43. The van der Waals surface area contributed by atoms with Crippen LogP contribution in [0, 0.1) is 13.8 Å². The van der Waals surface area contributed by atoms with Gasteiger partial charge in [-0.1, -0.05) is 17.8 Å². The molecule has 162 valence electrons. The first-order chi connectivity index (χ1) is 14.6. The van der Waals surface area contributed by atoms with Crippen LogP contribution in [0.3, 0.4) is 0 Å². The van der Waals surface area contributed by atoms with Crippen molar-refractivity contribution in [3.05, 3.63) is 77.6 Å². The van der Waals surface area contributed by atoms with Crippen molar-refractivity contribution >= 4 is 39.1 Å². The molecule has 2 aromatic carbocycles.